The van der Waals surface area contributed by atoms with Crippen molar-refractivity contribution in [1.82, 2.24) is 14.7 Å². The number of nitrogens with one attached hydrogen (secondary N) is 1. The average Bonchev–Trinajstić information content (AvgIpc) is 3.12. The van der Waals surface area contributed by atoms with Gasteiger partial charge in [-0.3, -0.25) is 14.3 Å². The number of amides is 2. The first-order chi connectivity index (χ1) is 13.4. The summed E-state index contributed by atoms with van der Waals surface area (Å²) in [6, 6.07) is 5.55. The minimum atomic E-state index is -0.980. The molecule has 0 atom stereocenters. The highest BCUT2D eigenvalue weighted by Crippen LogP contribution is 2.32. The number of likely N-dealkylation sites (tertiary alicyclic amines) is 1. The standard InChI is InChI=1S/C20H24N4O4/c1-23-12-14(11-21-23)19(26)24-9-7-20(27,8-10-24)13-28-17-4-2-3-16-15(17)5-6-18(25)22-16/h2-4,11-12,27H,5-10,13H2,1H3,(H,22,25). The zero-order chi connectivity index (χ0) is 19.7. The van der Waals surface area contributed by atoms with Crippen LogP contribution < -0.4 is 10.1 Å². The van der Waals surface area contributed by atoms with Crippen molar-refractivity contribution in [2.45, 2.75) is 31.3 Å². The highest BCUT2D eigenvalue weighted by atomic mass is 16.5. The molecule has 1 aromatic carbocycles. The molecule has 0 unspecified atom stereocenters. The third kappa shape index (κ3) is 3.73. The van der Waals surface area contributed by atoms with Crippen LogP contribution in [-0.2, 0) is 18.3 Å². The van der Waals surface area contributed by atoms with Crippen LogP contribution in [0.5, 0.6) is 5.75 Å². The van der Waals surface area contributed by atoms with Crippen molar-refractivity contribution in [2.24, 2.45) is 7.05 Å². The number of nitrogens with zero attached hydrogens (tertiary/aromatic N) is 3. The molecule has 0 aliphatic carbocycles. The molecule has 0 radical (unpaired) electrons. The lowest BCUT2D eigenvalue weighted by Crippen LogP contribution is -2.49. The molecule has 1 saturated heterocycles. The smallest absolute Gasteiger partial charge is 0.257 e. The molecule has 3 heterocycles. The minimum absolute atomic E-state index is 0.00827. The zero-order valence-electron chi connectivity index (χ0n) is 15.9. The molecule has 1 aromatic heterocycles. The number of hydrogen-bond acceptors (Lipinski definition) is 5. The third-order valence-electron chi connectivity index (χ3n) is 5.44. The molecule has 2 aliphatic rings. The van der Waals surface area contributed by atoms with Crippen molar-refractivity contribution in [1.29, 1.82) is 0 Å². The van der Waals surface area contributed by atoms with E-state index in [0.29, 0.717) is 50.1 Å². The minimum Gasteiger partial charge on any atom is -0.490 e. The number of rotatable bonds is 4. The Morgan fingerprint density at radius 3 is 2.82 bits per heavy atom. The molecule has 2 aromatic rings. The number of anilines is 1. The van der Waals surface area contributed by atoms with Crippen LogP contribution in [0.15, 0.2) is 30.6 Å². The van der Waals surface area contributed by atoms with Crippen LogP contribution in [-0.4, -0.2) is 56.9 Å². The summed E-state index contributed by atoms with van der Waals surface area (Å²) in [7, 11) is 1.77. The number of aryl methyl sites for hydroxylation is 1. The zero-order valence-corrected chi connectivity index (χ0v) is 15.9. The van der Waals surface area contributed by atoms with Crippen molar-refractivity contribution in [3.8, 4) is 5.75 Å². The molecular formula is C20H24N4O4. The summed E-state index contributed by atoms with van der Waals surface area (Å²) in [5, 5.41) is 17.8. The summed E-state index contributed by atoms with van der Waals surface area (Å²) in [5.41, 5.74) is 1.32. The van der Waals surface area contributed by atoms with Crippen molar-refractivity contribution < 1.29 is 19.4 Å². The van der Waals surface area contributed by atoms with E-state index < -0.39 is 5.60 Å². The lowest BCUT2D eigenvalue weighted by Gasteiger charge is -2.38. The lowest BCUT2D eigenvalue weighted by atomic mass is 9.92. The van der Waals surface area contributed by atoms with Crippen LogP contribution in [0, 0.1) is 0 Å². The van der Waals surface area contributed by atoms with E-state index in [2.05, 4.69) is 10.4 Å². The Labute approximate surface area is 163 Å². The quantitative estimate of drug-likeness (QED) is 0.830. The topological polar surface area (TPSA) is 96.7 Å². The Kier molecular flexibility index (Phi) is 4.80. The fourth-order valence-electron chi connectivity index (χ4n) is 3.72. The average molecular weight is 384 g/mol. The van der Waals surface area contributed by atoms with E-state index in [1.807, 2.05) is 18.2 Å². The first-order valence-electron chi connectivity index (χ1n) is 9.48. The number of ether oxygens (including phenoxy) is 1. The van der Waals surface area contributed by atoms with E-state index in [4.69, 9.17) is 4.74 Å². The van der Waals surface area contributed by atoms with Gasteiger partial charge in [-0.1, -0.05) is 6.07 Å². The molecule has 0 spiro atoms. The summed E-state index contributed by atoms with van der Waals surface area (Å²) in [4.78, 5) is 25.8. The summed E-state index contributed by atoms with van der Waals surface area (Å²) >= 11 is 0. The maximum atomic E-state index is 12.5. The predicted molar refractivity (Wildman–Crippen MR) is 102 cm³/mol. The van der Waals surface area contributed by atoms with Crippen LogP contribution in [0.3, 0.4) is 0 Å². The number of fused-ring (bicyclic) bond motifs is 1. The van der Waals surface area contributed by atoms with Gasteiger partial charge in [0, 0.05) is 44.0 Å². The molecule has 0 bridgehead atoms. The largest absolute Gasteiger partial charge is 0.490 e. The van der Waals surface area contributed by atoms with Crippen molar-refractivity contribution in [3.05, 3.63) is 41.7 Å². The van der Waals surface area contributed by atoms with Gasteiger partial charge in [0.05, 0.1) is 11.8 Å². The Balaban J connectivity index is 1.36. The van der Waals surface area contributed by atoms with E-state index in [1.54, 1.807) is 29.0 Å². The number of carbonyl (C=O) groups excluding carboxylic acids is 2. The molecule has 2 N–H and O–H groups in total. The number of benzene rings is 1. The lowest BCUT2D eigenvalue weighted by molar-refractivity contribution is -0.116. The molecule has 4 rings (SSSR count). The van der Waals surface area contributed by atoms with Crippen LogP contribution in [0.1, 0.15) is 35.2 Å². The van der Waals surface area contributed by atoms with Gasteiger partial charge >= 0.3 is 0 Å². The maximum Gasteiger partial charge on any atom is 0.257 e. The number of carbonyl (C=O) groups is 2. The number of hydrogen-bond donors (Lipinski definition) is 2. The van der Waals surface area contributed by atoms with Gasteiger partial charge < -0.3 is 20.1 Å². The van der Waals surface area contributed by atoms with Crippen LogP contribution >= 0.6 is 0 Å². The molecular weight excluding hydrogens is 360 g/mol. The third-order valence-corrected chi connectivity index (χ3v) is 5.44. The molecule has 8 heteroatoms. The van der Waals surface area contributed by atoms with Gasteiger partial charge in [0.2, 0.25) is 5.91 Å². The van der Waals surface area contributed by atoms with Crippen molar-refractivity contribution in [2.75, 3.05) is 25.0 Å². The summed E-state index contributed by atoms with van der Waals surface area (Å²) < 4.78 is 7.55. The van der Waals surface area contributed by atoms with Crippen molar-refractivity contribution in [3.63, 3.8) is 0 Å². The molecule has 28 heavy (non-hydrogen) atoms. The van der Waals surface area contributed by atoms with Gasteiger partial charge in [0.15, 0.2) is 0 Å². The van der Waals surface area contributed by atoms with Crippen molar-refractivity contribution >= 4 is 17.5 Å². The normalized spacial score (nSPS) is 18.4. The molecule has 0 saturated carbocycles. The molecule has 148 valence electrons. The van der Waals surface area contributed by atoms with Crippen LogP contribution in [0.4, 0.5) is 5.69 Å². The van der Waals surface area contributed by atoms with E-state index >= 15 is 0 Å². The second kappa shape index (κ2) is 7.27. The highest BCUT2D eigenvalue weighted by Gasteiger charge is 2.35. The van der Waals surface area contributed by atoms with Crippen LogP contribution in [0.25, 0.3) is 0 Å². The Bertz CT molecular complexity index is 899. The second-order valence-corrected chi connectivity index (χ2v) is 7.54. The van der Waals surface area contributed by atoms with Gasteiger partial charge in [-0.15, -0.1) is 0 Å². The number of aliphatic hydroxyl groups is 1. The predicted octanol–water partition coefficient (Wildman–Crippen LogP) is 1.35. The van der Waals surface area contributed by atoms with Gasteiger partial charge in [-0.2, -0.15) is 5.10 Å². The van der Waals surface area contributed by atoms with Gasteiger partial charge in [0.1, 0.15) is 18.0 Å². The maximum absolute atomic E-state index is 12.5. The molecule has 1 fully saturated rings. The molecule has 2 aliphatic heterocycles. The van der Waals surface area contributed by atoms with Gasteiger partial charge in [0.25, 0.3) is 5.91 Å². The fourth-order valence-corrected chi connectivity index (χ4v) is 3.72. The van der Waals surface area contributed by atoms with Gasteiger partial charge in [-0.25, -0.2) is 0 Å². The highest BCUT2D eigenvalue weighted by molar-refractivity contribution is 5.94. The molecule has 2 amide bonds. The first kappa shape index (κ1) is 18.5. The Morgan fingerprint density at radius 1 is 1.32 bits per heavy atom. The Hall–Kier alpha value is -2.87. The van der Waals surface area contributed by atoms with E-state index in [1.165, 1.54) is 0 Å². The fraction of sp³-hybridized carbons (Fsp3) is 0.450. The first-order valence-corrected chi connectivity index (χ1v) is 9.48. The van der Waals surface area contributed by atoms with E-state index in [9.17, 15) is 14.7 Å². The second-order valence-electron chi connectivity index (χ2n) is 7.54. The van der Waals surface area contributed by atoms with E-state index in [0.717, 1.165) is 11.3 Å². The van der Waals surface area contributed by atoms with E-state index in [-0.39, 0.29) is 18.4 Å². The van der Waals surface area contributed by atoms with Gasteiger partial charge in [-0.05, 0) is 31.4 Å². The number of piperidine rings is 1. The monoisotopic (exact) mass is 384 g/mol. The molecule has 8 nitrogen and oxygen atoms in total. The summed E-state index contributed by atoms with van der Waals surface area (Å²) in [6.45, 7) is 1.10. The summed E-state index contributed by atoms with van der Waals surface area (Å²) in [5.74, 6) is 0.637. The summed E-state index contributed by atoms with van der Waals surface area (Å²) in [6.07, 6.45) is 5.22. The SMILES string of the molecule is Cn1cc(C(=O)N2CCC(O)(COc3cccc4c3CCC(=O)N4)CC2)cn1. The Morgan fingerprint density at radius 2 is 2.11 bits per heavy atom. The van der Waals surface area contributed by atoms with Crippen LogP contribution in [0.2, 0.25) is 0 Å². The number of aromatic nitrogens is 2.